The Morgan fingerprint density at radius 2 is 1.16 bits per heavy atom. The Kier molecular flexibility index (Phi) is 23.7. The number of aliphatic hydroxyl groups excluding tert-OH is 2. The van der Waals surface area contributed by atoms with E-state index in [1.54, 1.807) is 54.7 Å². The summed E-state index contributed by atoms with van der Waals surface area (Å²) in [6, 6.07) is 11.1. The lowest BCUT2D eigenvalue weighted by molar-refractivity contribution is -0.142. The molecule has 10 atom stereocenters. The van der Waals surface area contributed by atoms with Crippen molar-refractivity contribution < 1.29 is 53.7 Å². The molecule has 22 nitrogen and oxygen atoms in total. The zero-order valence-electron chi connectivity index (χ0n) is 41.4. The zero-order valence-corrected chi connectivity index (χ0v) is 43.2. The van der Waals surface area contributed by atoms with Gasteiger partial charge < -0.3 is 74.3 Å². The lowest BCUT2D eigenvalue weighted by Gasteiger charge is -2.32. The molecule has 74 heavy (non-hydrogen) atoms. The molecule has 3 aromatic carbocycles. The van der Waals surface area contributed by atoms with E-state index in [0.29, 0.717) is 29.5 Å². The molecular formula is C50H69N11O11S2. The van der Waals surface area contributed by atoms with E-state index >= 15 is 0 Å². The molecule has 0 saturated carbocycles. The number of unbranched alkanes of at least 4 members (excludes halogenated alkanes) is 1. The number of aromatic nitrogens is 1. The molecule has 0 unspecified atom stereocenters. The number of benzene rings is 3. The number of para-hydroxylation sites is 1. The third-order valence-corrected chi connectivity index (χ3v) is 12.9. The minimum absolute atomic E-state index is 0.0184. The van der Waals surface area contributed by atoms with Gasteiger partial charge in [0.2, 0.25) is 47.3 Å². The van der Waals surface area contributed by atoms with E-state index in [0.717, 1.165) is 15.8 Å². The molecule has 24 heteroatoms. The summed E-state index contributed by atoms with van der Waals surface area (Å²) in [6.07, 6.45) is -0.637. The summed E-state index contributed by atoms with van der Waals surface area (Å²) in [5, 5.41) is 46.3. The molecule has 1 heterocycles. The van der Waals surface area contributed by atoms with Gasteiger partial charge in [-0.25, -0.2) is 0 Å². The zero-order chi connectivity index (χ0) is 54.6. The molecule has 4 rings (SSSR count). The number of likely N-dealkylation sites (N-methyl/N-ethyl adjacent to an activating group) is 1. The topological polar surface area (TPSA) is 367 Å². The number of nitrogens with one attached hydrogen (secondary N) is 7. The molecule has 0 aliphatic carbocycles. The fraction of sp³-hybridized carbons (Fsp3) is 0.440. The summed E-state index contributed by atoms with van der Waals surface area (Å²) in [4.78, 5) is 114. The average Bonchev–Trinajstić information content (AvgIpc) is 3.78. The molecule has 4 aromatic rings. The SMILES string of the molecule is C[C@@H](O)[C@H](NC(=O)[C@H](CS)NC(=O)[C@@H](NC(=O)[C@H](CCCCN)NC(=O)[C@@H](Cc1c[nH]c2ccccc12)NC(=O)[C@H](Cc1ccccc1)N(C)C(=O)[C@H](CS)NC(=O)[C@@H](N)Cc1ccc(O)cc1)[C@@H](C)O)C(N)=O. The van der Waals surface area contributed by atoms with Gasteiger partial charge in [0.15, 0.2) is 0 Å². The minimum Gasteiger partial charge on any atom is -0.508 e. The number of aliphatic hydroxyl groups is 2. The van der Waals surface area contributed by atoms with Crippen molar-refractivity contribution >= 4 is 83.4 Å². The van der Waals surface area contributed by atoms with Crippen molar-refractivity contribution in [1.82, 2.24) is 41.8 Å². The molecule has 0 fully saturated rings. The third-order valence-electron chi connectivity index (χ3n) is 12.2. The van der Waals surface area contributed by atoms with Crippen molar-refractivity contribution in [2.45, 2.75) is 113 Å². The number of aromatic amines is 1. The maximum Gasteiger partial charge on any atom is 0.246 e. The molecule has 0 radical (unpaired) electrons. The Hall–Kier alpha value is -6.70. The van der Waals surface area contributed by atoms with Crippen LogP contribution in [0.5, 0.6) is 5.75 Å². The van der Waals surface area contributed by atoms with Crippen LogP contribution >= 0.6 is 25.3 Å². The van der Waals surface area contributed by atoms with Crippen LogP contribution in [-0.2, 0) is 57.6 Å². The van der Waals surface area contributed by atoms with Gasteiger partial charge in [-0.1, -0.05) is 60.7 Å². The first-order valence-corrected chi connectivity index (χ1v) is 25.2. The predicted molar refractivity (Wildman–Crippen MR) is 283 cm³/mol. The Bertz CT molecular complexity index is 2530. The summed E-state index contributed by atoms with van der Waals surface area (Å²) < 4.78 is 0. The first-order chi connectivity index (χ1) is 35.2. The number of primary amides is 1. The number of carbonyl (C=O) groups is 8. The standard InChI is InChI=1S/C50H69N11O11S2/c1-27(62)41(43(53)65)59-47(69)38(25-73)57-49(71)42(28(2)63)60-45(67)36(15-9-10-20-51)55-46(68)37(23-31-24-54-35-14-8-7-13-33(31)35)56-48(70)40(22-29-11-5-4-6-12-29)61(3)50(72)39(26-74)58-44(66)34(52)21-30-16-18-32(64)19-17-30/h4-8,11-14,16-19,24,27-28,34,36-42,54,62-64,73-74H,9-10,15,20-23,25-26,51-52H2,1-3H3,(H2,53,65)(H,55,68)(H,56,70)(H,57,71)(H,58,66)(H,59,69)(H,60,67)/t27-,28-,34+,36+,37-,38+,39+,40+,41+,42+/m1/s1. The number of phenolic OH excluding ortho intramolecular Hbond substituents is 1. The van der Waals surface area contributed by atoms with Crippen molar-refractivity contribution in [2.24, 2.45) is 17.2 Å². The number of hydrogen-bond donors (Lipinski definition) is 15. The van der Waals surface area contributed by atoms with E-state index in [1.165, 1.54) is 33.0 Å². The second-order valence-electron chi connectivity index (χ2n) is 17.9. The summed E-state index contributed by atoms with van der Waals surface area (Å²) in [6.45, 7) is 2.67. The van der Waals surface area contributed by atoms with Gasteiger partial charge in [0, 0.05) is 48.5 Å². The molecular weight excluding hydrogens is 995 g/mol. The maximum atomic E-state index is 14.8. The molecule has 0 saturated heterocycles. The van der Waals surface area contributed by atoms with E-state index in [2.05, 4.69) is 62.1 Å². The Labute approximate surface area is 439 Å². The highest BCUT2D eigenvalue weighted by atomic mass is 32.1. The molecule has 402 valence electrons. The summed E-state index contributed by atoms with van der Waals surface area (Å²) in [5.41, 5.74) is 20.0. The number of amides is 8. The quantitative estimate of drug-likeness (QED) is 0.0211. The highest BCUT2D eigenvalue weighted by Crippen LogP contribution is 2.21. The van der Waals surface area contributed by atoms with Crippen molar-refractivity contribution in [3.05, 3.63) is 102 Å². The Morgan fingerprint density at radius 1 is 0.622 bits per heavy atom. The van der Waals surface area contributed by atoms with Crippen LogP contribution in [0.3, 0.4) is 0 Å². The van der Waals surface area contributed by atoms with E-state index < -0.39 is 108 Å². The summed E-state index contributed by atoms with van der Waals surface area (Å²) in [5.74, 6) is -7.36. The molecule has 8 amide bonds. The van der Waals surface area contributed by atoms with Crippen LogP contribution in [0.25, 0.3) is 10.9 Å². The van der Waals surface area contributed by atoms with Crippen molar-refractivity contribution in [3.8, 4) is 5.75 Å². The monoisotopic (exact) mass is 1060 g/mol. The average molecular weight is 1060 g/mol. The number of hydrogen-bond acceptors (Lipinski definition) is 15. The number of nitrogens with zero attached hydrogens (tertiary/aromatic N) is 1. The third kappa shape index (κ3) is 17.5. The summed E-state index contributed by atoms with van der Waals surface area (Å²) >= 11 is 8.47. The molecule has 0 bridgehead atoms. The van der Waals surface area contributed by atoms with E-state index in [9.17, 15) is 53.7 Å². The van der Waals surface area contributed by atoms with Crippen LogP contribution < -0.4 is 49.1 Å². The Balaban J connectivity index is 1.64. The molecule has 0 aliphatic rings. The van der Waals surface area contributed by atoms with Crippen LogP contribution in [-0.4, -0.2) is 158 Å². The van der Waals surface area contributed by atoms with Crippen LogP contribution in [0.1, 0.15) is 49.8 Å². The fourth-order valence-electron chi connectivity index (χ4n) is 7.91. The highest BCUT2D eigenvalue weighted by molar-refractivity contribution is 7.80. The largest absolute Gasteiger partial charge is 0.508 e. The van der Waals surface area contributed by atoms with Crippen molar-refractivity contribution in [1.29, 1.82) is 0 Å². The van der Waals surface area contributed by atoms with Gasteiger partial charge in [-0.3, -0.25) is 38.4 Å². The molecule has 1 aromatic heterocycles. The first kappa shape index (κ1) is 59.9. The normalized spacial score (nSPS) is 15.3. The first-order valence-electron chi connectivity index (χ1n) is 24.0. The Morgan fingerprint density at radius 3 is 1.77 bits per heavy atom. The second-order valence-corrected chi connectivity index (χ2v) is 18.7. The number of aromatic hydroxyl groups is 1. The van der Waals surface area contributed by atoms with Gasteiger partial charge in [-0.05, 0) is 81.0 Å². The van der Waals surface area contributed by atoms with Crippen LogP contribution in [0.4, 0.5) is 0 Å². The number of rotatable bonds is 29. The molecule has 0 aliphatic heterocycles. The number of nitrogens with two attached hydrogens (primary N) is 3. The van der Waals surface area contributed by atoms with E-state index in [1.807, 2.05) is 18.2 Å². The van der Waals surface area contributed by atoms with Gasteiger partial charge in [0.05, 0.1) is 18.2 Å². The van der Waals surface area contributed by atoms with Gasteiger partial charge >= 0.3 is 0 Å². The number of phenols is 1. The second kappa shape index (κ2) is 29.3. The van der Waals surface area contributed by atoms with E-state index in [-0.39, 0.29) is 49.5 Å². The number of H-pyrrole nitrogens is 1. The van der Waals surface area contributed by atoms with Crippen LogP contribution in [0.15, 0.2) is 85.1 Å². The fourth-order valence-corrected chi connectivity index (χ4v) is 8.42. The van der Waals surface area contributed by atoms with Gasteiger partial charge in [0.1, 0.15) is 48.0 Å². The van der Waals surface area contributed by atoms with Crippen LogP contribution in [0, 0.1) is 0 Å². The number of fused-ring (bicyclic) bond motifs is 1. The maximum absolute atomic E-state index is 14.8. The smallest absolute Gasteiger partial charge is 0.246 e. The van der Waals surface area contributed by atoms with Crippen LogP contribution in [0.2, 0.25) is 0 Å². The lowest BCUT2D eigenvalue weighted by atomic mass is 10.00. The summed E-state index contributed by atoms with van der Waals surface area (Å²) in [7, 11) is 1.38. The van der Waals surface area contributed by atoms with Gasteiger partial charge in [-0.2, -0.15) is 25.3 Å². The molecule has 0 spiro atoms. The highest BCUT2D eigenvalue weighted by Gasteiger charge is 2.37. The lowest BCUT2D eigenvalue weighted by Crippen LogP contribution is -2.62. The van der Waals surface area contributed by atoms with Crippen molar-refractivity contribution in [2.75, 3.05) is 25.1 Å². The molecule has 16 N–H and O–H groups in total. The number of thiol groups is 2. The van der Waals surface area contributed by atoms with Crippen molar-refractivity contribution in [3.63, 3.8) is 0 Å². The van der Waals surface area contributed by atoms with E-state index in [4.69, 9.17) is 17.2 Å². The number of carbonyl (C=O) groups excluding carboxylic acids is 8. The van der Waals surface area contributed by atoms with Gasteiger partial charge in [-0.15, -0.1) is 0 Å². The minimum atomic E-state index is -1.70. The predicted octanol–water partition coefficient (Wildman–Crippen LogP) is -1.80. The van der Waals surface area contributed by atoms with Gasteiger partial charge in [0.25, 0.3) is 0 Å².